The molecule has 0 aliphatic carbocycles. The molecule has 0 spiro atoms. The molecule has 0 unspecified atom stereocenters. The van der Waals surface area contributed by atoms with Gasteiger partial charge >= 0.3 is 13.2 Å². The van der Waals surface area contributed by atoms with Gasteiger partial charge in [0.05, 0.1) is 16.8 Å². The molecule has 7 nitrogen and oxygen atoms in total. The van der Waals surface area contributed by atoms with Crippen molar-refractivity contribution in [2.24, 2.45) is 0 Å². The molecule has 2 saturated heterocycles. The lowest BCUT2D eigenvalue weighted by atomic mass is 9.78. The summed E-state index contributed by atoms with van der Waals surface area (Å²) in [6.07, 6.45) is -0.467. The van der Waals surface area contributed by atoms with Gasteiger partial charge in [0, 0.05) is 31.1 Å². The summed E-state index contributed by atoms with van der Waals surface area (Å²) in [5.41, 5.74) is -2.52. The highest BCUT2D eigenvalue weighted by molar-refractivity contribution is 6.62. The second-order valence-electron chi connectivity index (χ2n) is 10.7. The van der Waals surface area contributed by atoms with E-state index >= 15 is 0 Å². The van der Waals surface area contributed by atoms with Gasteiger partial charge in [-0.1, -0.05) is 0 Å². The molecule has 1 atom stereocenters. The van der Waals surface area contributed by atoms with Crippen LogP contribution in [0.5, 0.6) is 0 Å². The molecule has 2 amide bonds. The average Bonchev–Trinajstić information content (AvgIpc) is 2.88. The number of nitrogens with zero attached hydrogens (tertiary/aromatic N) is 2. The first-order chi connectivity index (χ1) is 15.0. The monoisotopic (exact) mass is 466 g/mol. The second kappa shape index (κ2) is 8.54. The lowest BCUT2D eigenvalue weighted by molar-refractivity contribution is 0.00190. The van der Waals surface area contributed by atoms with Gasteiger partial charge in [-0.2, -0.15) is 0 Å². The molecule has 0 radical (unpaired) electrons. The van der Waals surface area contributed by atoms with E-state index in [9.17, 15) is 18.4 Å². The van der Waals surface area contributed by atoms with Crippen LogP contribution in [-0.2, 0) is 14.0 Å². The van der Waals surface area contributed by atoms with Gasteiger partial charge in [-0.3, -0.25) is 4.79 Å². The number of hydrogen-bond acceptors (Lipinski definition) is 5. The normalized spacial score (nSPS) is 22.5. The predicted octanol–water partition coefficient (Wildman–Crippen LogP) is 3.35. The highest BCUT2D eigenvalue weighted by Gasteiger charge is 2.52. The van der Waals surface area contributed by atoms with Gasteiger partial charge in [-0.05, 0) is 67.5 Å². The predicted molar refractivity (Wildman–Crippen MR) is 120 cm³/mol. The van der Waals surface area contributed by atoms with Crippen LogP contribution in [0.15, 0.2) is 12.1 Å². The molecule has 2 aliphatic heterocycles. The van der Waals surface area contributed by atoms with E-state index in [0.29, 0.717) is 0 Å². The number of carbonyl (C=O) groups excluding carboxylic acids is 2. The Labute approximate surface area is 194 Å². The van der Waals surface area contributed by atoms with Crippen molar-refractivity contribution in [2.45, 2.75) is 78.2 Å². The maximum absolute atomic E-state index is 15.0. The molecule has 182 valence electrons. The first kappa shape index (κ1) is 25.4. The number of piperazine rings is 1. The number of benzene rings is 1. The van der Waals surface area contributed by atoms with E-state index in [1.165, 1.54) is 9.80 Å². The Morgan fingerprint density at radius 2 is 1.64 bits per heavy atom. The maximum Gasteiger partial charge on any atom is 0.497 e. The highest BCUT2D eigenvalue weighted by Crippen LogP contribution is 2.36. The molecule has 2 aliphatic rings. The van der Waals surface area contributed by atoms with Crippen LogP contribution in [0.1, 0.15) is 65.7 Å². The third-order valence-corrected chi connectivity index (χ3v) is 6.37. The van der Waals surface area contributed by atoms with Gasteiger partial charge in [-0.25, -0.2) is 13.6 Å². The Kier molecular flexibility index (Phi) is 6.58. The zero-order valence-electron chi connectivity index (χ0n) is 20.6. The van der Waals surface area contributed by atoms with E-state index in [1.54, 1.807) is 27.7 Å². The molecular formula is C23H33BF2N2O5. The Bertz CT molecular complexity index is 932. The van der Waals surface area contributed by atoms with Crippen LogP contribution in [-0.4, -0.2) is 71.4 Å². The number of amides is 2. The van der Waals surface area contributed by atoms with E-state index in [0.717, 1.165) is 12.1 Å². The van der Waals surface area contributed by atoms with Crippen LogP contribution in [0.2, 0.25) is 0 Å². The van der Waals surface area contributed by atoms with Crippen LogP contribution < -0.4 is 5.46 Å². The highest BCUT2D eigenvalue weighted by atomic mass is 19.1. The second-order valence-corrected chi connectivity index (χ2v) is 10.7. The molecule has 1 aromatic rings. The van der Waals surface area contributed by atoms with Crippen LogP contribution in [0, 0.1) is 11.6 Å². The molecule has 3 rings (SSSR count). The summed E-state index contributed by atoms with van der Waals surface area (Å²) >= 11 is 0. The zero-order valence-corrected chi connectivity index (χ0v) is 20.6. The van der Waals surface area contributed by atoms with E-state index in [4.69, 9.17) is 14.0 Å². The Balaban J connectivity index is 1.74. The van der Waals surface area contributed by atoms with Gasteiger partial charge in [-0.15, -0.1) is 0 Å². The third-order valence-electron chi connectivity index (χ3n) is 6.37. The van der Waals surface area contributed by atoms with Crippen LogP contribution in [0.25, 0.3) is 0 Å². The van der Waals surface area contributed by atoms with Gasteiger partial charge in [0.15, 0.2) is 0 Å². The largest absolute Gasteiger partial charge is 0.497 e. The number of ether oxygens (including phenoxy) is 1. The molecule has 33 heavy (non-hydrogen) atoms. The maximum atomic E-state index is 15.0. The summed E-state index contributed by atoms with van der Waals surface area (Å²) in [6.45, 7) is 15.0. The fourth-order valence-electron chi connectivity index (χ4n) is 3.78. The van der Waals surface area contributed by atoms with Gasteiger partial charge in [0.1, 0.15) is 17.2 Å². The minimum atomic E-state index is -1.08. The Hall–Kier alpha value is -2.20. The van der Waals surface area contributed by atoms with Gasteiger partial charge in [0.2, 0.25) is 0 Å². The summed E-state index contributed by atoms with van der Waals surface area (Å²) in [5, 5.41) is 0. The third kappa shape index (κ3) is 5.16. The van der Waals surface area contributed by atoms with Crippen molar-refractivity contribution in [3.05, 3.63) is 29.3 Å². The first-order valence-electron chi connectivity index (χ1n) is 11.2. The zero-order chi connectivity index (χ0) is 24.9. The van der Waals surface area contributed by atoms with Gasteiger partial charge < -0.3 is 23.8 Å². The average molecular weight is 466 g/mol. The molecule has 2 heterocycles. The summed E-state index contributed by atoms with van der Waals surface area (Å²) in [7, 11) is -1.08. The lowest BCUT2D eigenvalue weighted by Gasteiger charge is -2.40. The molecule has 10 heteroatoms. The Morgan fingerprint density at radius 1 is 1.06 bits per heavy atom. The number of carbonyl (C=O) groups is 2. The van der Waals surface area contributed by atoms with Crippen molar-refractivity contribution in [1.82, 2.24) is 9.80 Å². The van der Waals surface area contributed by atoms with Crippen molar-refractivity contribution in [3.63, 3.8) is 0 Å². The fourth-order valence-corrected chi connectivity index (χ4v) is 3.78. The van der Waals surface area contributed by atoms with Crippen molar-refractivity contribution < 1.29 is 32.4 Å². The number of hydrogen-bond donors (Lipinski definition) is 0. The van der Waals surface area contributed by atoms with E-state index in [2.05, 4.69) is 0 Å². The first-order valence-corrected chi connectivity index (χ1v) is 11.2. The standard InChI is InChI=1S/C23H33BF2N2O5/c1-14-13-27(9-10-28(14)20(30)31-21(2,3)4)19(29)15-11-18(26)16(12-17(15)25)24-32-22(5,6)23(7,8)33-24/h11-12,14H,9-10,13H2,1-8H3/t14-/m0/s1. The minimum absolute atomic E-state index is 0.0918. The molecule has 2 fully saturated rings. The van der Waals surface area contributed by atoms with Crippen molar-refractivity contribution in [2.75, 3.05) is 19.6 Å². The van der Waals surface area contributed by atoms with Crippen molar-refractivity contribution >= 4 is 24.6 Å². The topological polar surface area (TPSA) is 68.3 Å². The molecule has 1 aromatic carbocycles. The summed E-state index contributed by atoms with van der Waals surface area (Å²) < 4.78 is 46.9. The van der Waals surface area contributed by atoms with E-state index in [-0.39, 0.29) is 36.7 Å². The molecule has 0 N–H and O–H groups in total. The molecule has 0 saturated carbocycles. The van der Waals surface area contributed by atoms with Crippen LogP contribution >= 0.6 is 0 Å². The quantitative estimate of drug-likeness (QED) is 0.626. The summed E-state index contributed by atoms with van der Waals surface area (Å²) in [5.74, 6) is -2.27. The van der Waals surface area contributed by atoms with Crippen molar-refractivity contribution in [3.8, 4) is 0 Å². The Morgan fingerprint density at radius 3 is 2.15 bits per heavy atom. The van der Waals surface area contributed by atoms with E-state index in [1.807, 2.05) is 27.7 Å². The SMILES string of the molecule is C[C@H]1CN(C(=O)c2cc(F)c(B3OC(C)(C)C(C)(C)O3)cc2F)CCN1C(=O)OC(C)(C)C. The minimum Gasteiger partial charge on any atom is -0.444 e. The van der Waals surface area contributed by atoms with Crippen LogP contribution in [0.4, 0.5) is 13.6 Å². The van der Waals surface area contributed by atoms with E-state index < -0.39 is 47.6 Å². The van der Waals surface area contributed by atoms with Gasteiger partial charge in [0.25, 0.3) is 5.91 Å². The summed E-state index contributed by atoms with van der Waals surface area (Å²) in [6, 6.07) is 1.52. The molecule has 0 bridgehead atoms. The van der Waals surface area contributed by atoms with Crippen molar-refractivity contribution in [1.29, 1.82) is 0 Å². The fraction of sp³-hybridized carbons (Fsp3) is 0.652. The smallest absolute Gasteiger partial charge is 0.444 e. The molecular weight excluding hydrogens is 433 g/mol. The number of rotatable bonds is 2. The van der Waals surface area contributed by atoms with Crippen LogP contribution in [0.3, 0.4) is 0 Å². The summed E-state index contributed by atoms with van der Waals surface area (Å²) in [4.78, 5) is 28.3. The number of halogens is 2. The lowest BCUT2D eigenvalue weighted by Crippen LogP contribution is -2.56. The molecule has 0 aromatic heterocycles.